The molecule has 1 saturated heterocycles. The summed E-state index contributed by atoms with van der Waals surface area (Å²) in [6, 6.07) is 7.99. The molecule has 2 rings (SSSR count). The van der Waals surface area contributed by atoms with Crippen molar-refractivity contribution >= 4 is 24.2 Å². The van der Waals surface area contributed by atoms with Gasteiger partial charge in [-0.25, -0.2) is 15.1 Å². The van der Waals surface area contributed by atoms with Crippen molar-refractivity contribution < 1.29 is 9.90 Å². The molecule has 0 aliphatic carbocycles. The molecular weight excluding hydrogens is 410 g/mol. The van der Waals surface area contributed by atoms with Crippen molar-refractivity contribution in [3.8, 4) is 0 Å². The number of carbonyl (C=O) groups excluding carboxylic acids is 1. The lowest BCUT2D eigenvalue weighted by Crippen LogP contribution is -2.29. The second kappa shape index (κ2) is 12.9. The van der Waals surface area contributed by atoms with Gasteiger partial charge >= 0.3 is 0 Å². The van der Waals surface area contributed by atoms with Gasteiger partial charge in [0.25, 0.3) is 0 Å². The first-order chi connectivity index (χ1) is 14.8. The molecular formula is C23H37N5O2S. The lowest BCUT2D eigenvalue weighted by Gasteiger charge is -2.20. The van der Waals surface area contributed by atoms with E-state index in [0.717, 1.165) is 61.2 Å². The molecule has 0 aromatic heterocycles. The van der Waals surface area contributed by atoms with E-state index in [1.807, 2.05) is 31.2 Å². The molecule has 1 heterocycles. The Kier molecular flexibility index (Phi) is 10.5. The minimum Gasteiger partial charge on any atom is -0.393 e. The summed E-state index contributed by atoms with van der Waals surface area (Å²) in [5, 5.41) is 14.1. The van der Waals surface area contributed by atoms with Crippen molar-refractivity contribution in [2.24, 2.45) is 16.8 Å². The number of amides is 1. The van der Waals surface area contributed by atoms with Gasteiger partial charge in [-0.2, -0.15) is 0 Å². The molecule has 4 N–H and O–H groups in total. The number of hydrogen-bond acceptors (Lipinski definition) is 7. The molecule has 0 radical (unpaired) electrons. The molecule has 2 unspecified atom stereocenters. The molecule has 8 heteroatoms. The number of aliphatic imine (C=N–C) groups is 1. The molecule has 172 valence electrons. The predicted octanol–water partition coefficient (Wildman–Crippen LogP) is 3.51. The Hall–Kier alpha value is -1.87. The van der Waals surface area contributed by atoms with Crippen LogP contribution in [0, 0.1) is 5.92 Å². The largest absolute Gasteiger partial charge is 0.393 e. The van der Waals surface area contributed by atoms with Crippen LogP contribution in [0.4, 0.5) is 0 Å². The van der Waals surface area contributed by atoms with Crippen LogP contribution in [0.3, 0.4) is 0 Å². The van der Waals surface area contributed by atoms with Gasteiger partial charge in [0, 0.05) is 30.6 Å². The zero-order valence-electron chi connectivity index (χ0n) is 19.2. The summed E-state index contributed by atoms with van der Waals surface area (Å²) in [5.41, 5.74) is 1.90. The SMILES string of the molecule is CCC(C)C/C(C)=C(/N=C(\NC=O)c1ccc(SN2CCCC(O)CC2)cc1)N(C)N. The quantitative estimate of drug-likeness (QED) is 0.134. The van der Waals surface area contributed by atoms with Gasteiger partial charge in [-0.3, -0.25) is 9.80 Å². The van der Waals surface area contributed by atoms with E-state index in [4.69, 9.17) is 10.8 Å². The van der Waals surface area contributed by atoms with Crippen LogP contribution in [0.5, 0.6) is 0 Å². The van der Waals surface area contributed by atoms with E-state index in [9.17, 15) is 9.90 Å². The number of nitrogens with zero attached hydrogens (tertiary/aromatic N) is 3. The highest BCUT2D eigenvalue weighted by Gasteiger charge is 2.16. The highest BCUT2D eigenvalue weighted by atomic mass is 32.2. The fourth-order valence-corrected chi connectivity index (χ4v) is 4.52. The topological polar surface area (TPSA) is 94.2 Å². The Labute approximate surface area is 190 Å². The Morgan fingerprint density at radius 2 is 2.10 bits per heavy atom. The summed E-state index contributed by atoms with van der Waals surface area (Å²) in [6.07, 6.45) is 5.11. The molecule has 1 fully saturated rings. The molecule has 31 heavy (non-hydrogen) atoms. The summed E-state index contributed by atoms with van der Waals surface area (Å²) < 4.78 is 2.30. The first-order valence-electron chi connectivity index (χ1n) is 11.0. The van der Waals surface area contributed by atoms with Crippen molar-refractivity contribution in [1.82, 2.24) is 14.6 Å². The lowest BCUT2D eigenvalue weighted by atomic mass is 10.00. The van der Waals surface area contributed by atoms with Gasteiger partial charge in [0.05, 0.1) is 6.10 Å². The minimum atomic E-state index is -0.187. The Balaban J connectivity index is 2.21. The number of nitrogens with one attached hydrogen (secondary N) is 1. The van der Waals surface area contributed by atoms with E-state index < -0.39 is 0 Å². The second-order valence-electron chi connectivity index (χ2n) is 8.28. The fourth-order valence-electron chi connectivity index (χ4n) is 3.54. The number of carbonyl (C=O) groups is 1. The Morgan fingerprint density at radius 3 is 2.71 bits per heavy atom. The average molecular weight is 448 g/mol. The molecule has 1 aromatic carbocycles. The number of hydrazine groups is 1. The summed E-state index contributed by atoms with van der Waals surface area (Å²) in [6.45, 7) is 8.24. The third-order valence-corrected chi connectivity index (χ3v) is 6.61. The molecule has 0 bridgehead atoms. The van der Waals surface area contributed by atoms with E-state index in [1.54, 1.807) is 19.0 Å². The maximum atomic E-state index is 11.2. The molecule has 1 aliphatic rings. The van der Waals surface area contributed by atoms with Crippen LogP contribution in [0.1, 0.15) is 58.4 Å². The third kappa shape index (κ3) is 8.29. The van der Waals surface area contributed by atoms with Crippen molar-refractivity contribution in [3.05, 3.63) is 41.2 Å². The first kappa shape index (κ1) is 25.4. The standard InChI is InChI=1S/C23H37N5O2S/c1-5-17(2)15-18(3)23(27(4)24)26-22(25-16-29)19-8-10-21(11-9-19)31-28-13-6-7-20(30)12-14-28/h8-11,16-17,20,30H,5-7,12-15,24H2,1-4H3,(H,25,26,29)/b23-18-. The number of benzene rings is 1. The van der Waals surface area contributed by atoms with Crippen LogP contribution in [0.15, 0.2) is 45.5 Å². The van der Waals surface area contributed by atoms with Crippen molar-refractivity contribution in [1.29, 1.82) is 0 Å². The molecule has 1 aliphatic heterocycles. The summed E-state index contributed by atoms with van der Waals surface area (Å²) in [7, 11) is 1.76. The van der Waals surface area contributed by atoms with Gasteiger partial charge in [0.15, 0.2) is 0 Å². The number of aliphatic hydroxyl groups excluding tert-OH is 1. The fraction of sp³-hybridized carbons (Fsp3) is 0.565. The predicted molar refractivity (Wildman–Crippen MR) is 128 cm³/mol. The number of rotatable bonds is 9. The van der Waals surface area contributed by atoms with Crippen LogP contribution < -0.4 is 11.2 Å². The number of nitrogens with two attached hydrogens (primary N) is 1. The van der Waals surface area contributed by atoms with E-state index in [2.05, 4.69) is 23.5 Å². The zero-order chi connectivity index (χ0) is 22.8. The van der Waals surface area contributed by atoms with Gasteiger partial charge in [-0.05, 0) is 68.2 Å². The molecule has 2 atom stereocenters. The van der Waals surface area contributed by atoms with Crippen LogP contribution in [0.2, 0.25) is 0 Å². The smallest absolute Gasteiger partial charge is 0.212 e. The van der Waals surface area contributed by atoms with Crippen LogP contribution in [-0.2, 0) is 4.79 Å². The van der Waals surface area contributed by atoms with E-state index >= 15 is 0 Å². The Bertz CT molecular complexity index is 764. The summed E-state index contributed by atoms with van der Waals surface area (Å²) >= 11 is 1.70. The maximum absolute atomic E-state index is 11.2. The van der Waals surface area contributed by atoms with Gasteiger partial charge in [0.2, 0.25) is 6.41 Å². The van der Waals surface area contributed by atoms with Crippen LogP contribution in [-0.4, -0.2) is 52.9 Å². The number of allylic oxidation sites excluding steroid dienone is 1. The minimum absolute atomic E-state index is 0.187. The zero-order valence-corrected chi connectivity index (χ0v) is 20.0. The average Bonchev–Trinajstić information content (AvgIpc) is 2.95. The normalized spacial score (nSPS) is 19.9. The monoisotopic (exact) mass is 447 g/mol. The van der Waals surface area contributed by atoms with Crippen LogP contribution >= 0.6 is 11.9 Å². The molecule has 7 nitrogen and oxygen atoms in total. The molecule has 1 amide bonds. The van der Waals surface area contributed by atoms with E-state index in [-0.39, 0.29) is 6.10 Å². The summed E-state index contributed by atoms with van der Waals surface area (Å²) in [4.78, 5) is 17.1. The molecule has 0 saturated carbocycles. The highest BCUT2D eigenvalue weighted by molar-refractivity contribution is 7.97. The number of hydrogen-bond donors (Lipinski definition) is 3. The first-order valence-corrected chi connectivity index (χ1v) is 11.8. The summed E-state index contributed by atoms with van der Waals surface area (Å²) in [5.74, 6) is 7.72. The lowest BCUT2D eigenvalue weighted by molar-refractivity contribution is -0.108. The maximum Gasteiger partial charge on any atom is 0.212 e. The number of amidine groups is 1. The van der Waals surface area contributed by atoms with Crippen LogP contribution in [0.25, 0.3) is 0 Å². The van der Waals surface area contributed by atoms with E-state index in [0.29, 0.717) is 24.0 Å². The van der Waals surface area contributed by atoms with E-state index in [1.165, 1.54) is 5.01 Å². The number of aliphatic hydroxyl groups is 1. The van der Waals surface area contributed by atoms with Gasteiger partial charge in [0.1, 0.15) is 11.7 Å². The third-order valence-electron chi connectivity index (χ3n) is 5.50. The van der Waals surface area contributed by atoms with Crippen molar-refractivity contribution in [3.63, 3.8) is 0 Å². The van der Waals surface area contributed by atoms with Crippen molar-refractivity contribution in [2.75, 3.05) is 20.1 Å². The second-order valence-corrected chi connectivity index (χ2v) is 9.45. The van der Waals surface area contributed by atoms with Gasteiger partial charge in [-0.15, -0.1) is 0 Å². The Morgan fingerprint density at radius 1 is 1.39 bits per heavy atom. The van der Waals surface area contributed by atoms with Gasteiger partial charge < -0.3 is 10.4 Å². The van der Waals surface area contributed by atoms with Crippen molar-refractivity contribution in [2.45, 2.75) is 63.9 Å². The molecule has 0 spiro atoms. The van der Waals surface area contributed by atoms with Gasteiger partial charge in [-0.1, -0.05) is 32.4 Å². The highest BCUT2D eigenvalue weighted by Crippen LogP contribution is 2.26. The molecule has 1 aromatic rings.